The van der Waals surface area contributed by atoms with Crippen molar-refractivity contribution in [3.63, 3.8) is 0 Å². The Bertz CT molecular complexity index is 1430. The third kappa shape index (κ3) is 5.46. The lowest BCUT2D eigenvalue weighted by atomic mass is 9.88. The zero-order chi connectivity index (χ0) is 28.0. The van der Waals surface area contributed by atoms with Crippen LogP contribution in [0.2, 0.25) is 0 Å². The van der Waals surface area contributed by atoms with Crippen LogP contribution in [0.5, 0.6) is 11.5 Å². The van der Waals surface area contributed by atoms with Gasteiger partial charge in [0.05, 0.1) is 35.1 Å². The number of pyridine rings is 1. The fourth-order valence-corrected chi connectivity index (χ4v) is 6.12. The number of hydrogen-bond donors (Lipinski definition) is 2. The SMILES string of the molecule is Cc1ccc(CC(=O)C2(c3ccc4c(c3)OC(F)(F)O4)CC2)nc1-c1ccc(S(=O)CC(C)(CO)CO)cc1. The highest BCUT2D eigenvalue weighted by Gasteiger charge is 2.52. The van der Waals surface area contributed by atoms with Crippen molar-refractivity contribution < 1.29 is 37.5 Å². The number of Topliss-reactive ketones (excluding diaryl/α,β-unsaturated/α-hetero) is 1. The van der Waals surface area contributed by atoms with Gasteiger partial charge in [0.15, 0.2) is 11.5 Å². The molecule has 5 rings (SSSR count). The van der Waals surface area contributed by atoms with Gasteiger partial charge in [-0.3, -0.25) is 14.0 Å². The summed E-state index contributed by atoms with van der Waals surface area (Å²) in [6.45, 7) is 3.05. The van der Waals surface area contributed by atoms with Crippen molar-refractivity contribution in [2.75, 3.05) is 19.0 Å². The van der Waals surface area contributed by atoms with Crippen molar-refractivity contribution in [2.24, 2.45) is 5.41 Å². The first-order valence-corrected chi connectivity index (χ1v) is 13.9. The molecule has 0 amide bonds. The molecule has 2 aromatic carbocycles. The number of halogens is 2. The number of ether oxygens (including phenoxy) is 2. The standard InChI is InChI=1S/C29H29F2NO6S/c1-18-3-7-21(32-26(18)19-4-8-22(9-5-19)39(36)17-27(2,15-33)16-34)14-25(35)28(11-12-28)20-6-10-23-24(13-20)38-29(30,31)37-23/h3-10,13,33-34H,11-12,14-17H2,1-2H3. The third-order valence-corrected chi connectivity index (χ3v) is 9.12. The monoisotopic (exact) mass is 557 g/mol. The zero-order valence-electron chi connectivity index (χ0n) is 21.6. The second-order valence-corrected chi connectivity index (χ2v) is 12.1. The normalized spacial score (nSPS) is 17.6. The molecule has 1 atom stereocenters. The summed E-state index contributed by atoms with van der Waals surface area (Å²) in [6, 6.07) is 15.3. The zero-order valence-corrected chi connectivity index (χ0v) is 22.4. The number of carbonyl (C=O) groups is 1. The average molecular weight is 558 g/mol. The molecule has 2 N–H and O–H groups in total. The summed E-state index contributed by atoms with van der Waals surface area (Å²) in [5.74, 6) is -0.0459. The van der Waals surface area contributed by atoms with Crippen LogP contribution in [0.15, 0.2) is 59.5 Å². The molecule has 1 aromatic heterocycles. The molecule has 0 spiro atoms. The van der Waals surface area contributed by atoms with E-state index >= 15 is 0 Å². The van der Waals surface area contributed by atoms with Crippen molar-refractivity contribution in [1.29, 1.82) is 0 Å². The number of hydrogen-bond acceptors (Lipinski definition) is 7. The second kappa shape index (κ2) is 10.1. The minimum Gasteiger partial charge on any atom is -0.396 e. The number of benzene rings is 2. The number of aliphatic hydroxyl groups excluding tert-OH is 2. The Labute approximate surface area is 227 Å². The lowest BCUT2D eigenvalue weighted by Gasteiger charge is -2.23. The van der Waals surface area contributed by atoms with Gasteiger partial charge in [-0.1, -0.05) is 31.2 Å². The van der Waals surface area contributed by atoms with E-state index < -0.39 is 27.9 Å². The van der Waals surface area contributed by atoms with Gasteiger partial charge in [-0.05, 0) is 61.2 Å². The van der Waals surface area contributed by atoms with Gasteiger partial charge in [0.1, 0.15) is 5.78 Å². The first-order chi connectivity index (χ1) is 18.5. The van der Waals surface area contributed by atoms with Gasteiger partial charge >= 0.3 is 6.29 Å². The van der Waals surface area contributed by atoms with Gasteiger partial charge < -0.3 is 19.7 Å². The van der Waals surface area contributed by atoms with Crippen molar-refractivity contribution in [1.82, 2.24) is 4.98 Å². The first kappa shape index (κ1) is 27.4. The highest BCUT2D eigenvalue weighted by Crippen LogP contribution is 2.52. The highest BCUT2D eigenvalue weighted by molar-refractivity contribution is 7.85. The Morgan fingerprint density at radius 1 is 1.03 bits per heavy atom. The molecule has 2 aliphatic rings. The molecule has 2 heterocycles. The molecule has 0 saturated heterocycles. The Morgan fingerprint density at radius 2 is 1.69 bits per heavy atom. The van der Waals surface area contributed by atoms with Crippen molar-refractivity contribution >= 4 is 16.6 Å². The van der Waals surface area contributed by atoms with Crippen LogP contribution in [0.1, 0.15) is 36.6 Å². The van der Waals surface area contributed by atoms with Crippen molar-refractivity contribution in [3.05, 3.63) is 71.4 Å². The summed E-state index contributed by atoms with van der Waals surface area (Å²) >= 11 is 0. The largest absolute Gasteiger partial charge is 0.586 e. The lowest BCUT2D eigenvalue weighted by molar-refractivity contribution is -0.286. The van der Waals surface area contributed by atoms with Gasteiger partial charge in [-0.2, -0.15) is 0 Å². The molecule has 3 aromatic rings. The summed E-state index contributed by atoms with van der Waals surface area (Å²) in [6.07, 6.45) is -2.40. The highest BCUT2D eigenvalue weighted by atomic mass is 32.2. The number of ketones is 1. The minimum absolute atomic E-state index is 0.0445. The van der Waals surface area contributed by atoms with Crippen LogP contribution < -0.4 is 9.47 Å². The molecule has 0 bridgehead atoms. The second-order valence-electron chi connectivity index (χ2n) is 10.6. The molecule has 7 nitrogen and oxygen atoms in total. The van der Waals surface area contributed by atoms with Crippen LogP contribution in [0.25, 0.3) is 11.3 Å². The van der Waals surface area contributed by atoms with Gasteiger partial charge in [0, 0.05) is 33.7 Å². The van der Waals surface area contributed by atoms with Gasteiger partial charge in [-0.25, -0.2) is 0 Å². The van der Waals surface area contributed by atoms with Crippen LogP contribution in [0.3, 0.4) is 0 Å². The van der Waals surface area contributed by atoms with E-state index in [9.17, 15) is 28.0 Å². The molecule has 1 aliphatic carbocycles. The molecule has 1 saturated carbocycles. The van der Waals surface area contributed by atoms with Gasteiger partial charge in [0.2, 0.25) is 0 Å². The molecule has 10 heteroatoms. The number of rotatable bonds is 10. The van der Waals surface area contributed by atoms with Crippen LogP contribution in [0.4, 0.5) is 8.78 Å². The summed E-state index contributed by atoms with van der Waals surface area (Å²) < 4.78 is 48.7. The lowest BCUT2D eigenvalue weighted by Crippen LogP contribution is -2.32. The minimum atomic E-state index is -3.71. The smallest absolute Gasteiger partial charge is 0.396 e. The van der Waals surface area contributed by atoms with E-state index in [2.05, 4.69) is 9.47 Å². The fraction of sp³-hybridized carbons (Fsp3) is 0.379. The number of aliphatic hydroxyl groups is 2. The van der Waals surface area contributed by atoms with E-state index in [-0.39, 0.29) is 42.7 Å². The Hall–Kier alpha value is -3.21. The topological polar surface area (TPSA) is 106 Å². The van der Waals surface area contributed by atoms with Crippen molar-refractivity contribution in [3.8, 4) is 22.8 Å². The van der Waals surface area contributed by atoms with E-state index in [0.29, 0.717) is 34.7 Å². The average Bonchev–Trinajstić information content (AvgIpc) is 3.66. The molecule has 1 fully saturated rings. The molecule has 39 heavy (non-hydrogen) atoms. The number of aryl methyl sites for hydroxylation is 1. The number of carbonyl (C=O) groups excluding carboxylic acids is 1. The van der Waals surface area contributed by atoms with Crippen LogP contribution >= 0.6 is 0 Å². The Morgan fingerprint density at radius 3 is 2.33 bits per heavy atom. The summed E-state index contributed by atoms with van der Waals surface area (Å²) in [5, 5.41) is 19.0. The molecule has 206 valence electrons. The molecular formula is C29H29F2NO6S. The first-order valence-electron chi connectivity index (χ1n) is 12.6. The summed E-state index contributed by atoms with van der Waals surface area (Å²) in [7, 11) is -1.40. The van der Waals surface area contributed by atoms with Gasteiger partial charge in [0.25, 0.3) is 0 Å². The third-order valence-electron chi connectivity index (χ3n) is 7.37. The predicted molar refractivity (Wildman–Crippen MR) is 140 cm³/mol. The molecule has 0 radical (unpaired) electrons. The van der Waals surface area contributed by atoms with E-state index in [1.807, 2.05) is 25.1 Å². The van der Waals surface area contributed by atoms with Crippen LogP contribution in [-0.4, -0.2) is 50.5 Å². The maximum atomic E-state index is 13.4. The number of aromatic nitrogens is 1. The number of nitrogens with zero attached hydrogens (tertiary/aromatic N) is 1. The maximum absolute atomic E-state index is 13.4. The summed E-state index contributed by atoms with van der Waals surface area (Å²) in [5.41, 5.74) is 2.02. The molecule has 1 unspecified atom stereocenters. The van der Waals surface area contributed by atoms with Crippen LogP contribution in [0, 0.1) is 12.3 Å². The fourth-order valence-electron chi connectivity index (χ4n) is 4.70. The van der Waals surface area contributed by atoms with E-state index in [4.69, 9.17) is 4.98 Å². The quantitative estimate of drug-likeness (QED) is 0.383. The number of alkyl halides is 2. The van der Waals surface area contributed by atoms with Crippen molar-refractivity contribution in [2.45, 2.75) is 49.7 Å². The van der Waals surface area contributed by atoms with Gasteiger partial charge in [-0.15, -0.1) is 8.78 Å². The molecule has 1 aliphatic heterocycles. The predicted octanol–water partition coefficient (Wildman–Crippen LogP) is 4.32. The maximum Gasteiger partial charge on any atom is 0.586 e. The Kier molecular flexibility index (Phi) is 7.07. The van der Waals surface area contributed by atoms with E-state index in [0.717, 1.165) is 11.1 Å². The van der Waals surface area contributed by atoms with E-state index in [1.54, 1.807) is 31.2 Å². The molecular weight excluding hydrogens is 528 g/mol. The van der Waals surface area contributed by atoms with E-state index in [1.165, 1.54) is 12.1 Å². The Balaban J connectivity index is 1.32. The number of fused-ring (bicyclic) bond motifs is 1. The summed E-state index contributed by atoms with van der Waals surface area (Å²) in [4.78, 5) is 18.7. The van der Waals surface area contributed by atoms with Crippen LogP contribution in [-0.2, 0) is 27.4 Å².